The molecule has 1 aliphatic rings. The van der Waals surface area contributed by atoms with Gasteiger partial charge in [-0.1, -0.05) is 69.3 Å². The van der Waals surface area contributed by atoms with E-state index in [4.69, 9.17) is 0 Å². The van der Waals surface area contributed by atoms with Crippen LogP contribution in [0.3, 0.4) is 0 Å². The molecule has 1 heterocycles. The Balaban J connectivity index is 2.20. The third-order valence-electron chi connectivity index (χ3n) is 5.90. The average Bonchev–Trinajstić information content (AvgIpc) is 2.95. The van der Waals surface area contributed by atoms with Crippen LogP contribution in [0, 0.1) is 5.41 Å². The van der Waals surface area contributed by atoms with Gasteiger partial charge in [-0.3, -0.25) is 14.4 Å². The fraction of sp³-hybridized carbons (Fsp3) is 0.400. The zero-order valence-corrected chi connectivity index (χ0v) is 18.5. The number of benzene rings is 2. The number of rotatable bonds is 6. The third-order valence-corrected chi connectivity index (χ3v) is 5.90. The van der Waals surface area contributed by atoms with E-state index in [-0.39, 0.29) is 31.1 Å². The Morgan fingerprint density at radius 1 is 1.00 bits per heavy atom. The molecule has 0 aliphatic carbocycles. The number of carbonyl (C=O) groups excluding carboxylic acids is 2. The van der Waals surface area contributed by atoms with Gasteiger partial charge >= 0.3 is 5.97 Å². The second-order valence-electron chi connectivity index (χ2n) is 9.28. The molecular weight excluding hydrogens is 392 g/mol. The molecule has 0 bridgehead atoms. The lowest BCUT2D eigenvalue weighted by atomic mass is 9.82. The highest BCUT2D eigenvalue weighted by atomic mass is 16.4. The number of nitrogens with zero attached hydrogens (tertiary/aromatic N) is 2. The Bertz CT molecular complexity index is 952. The van der Waals surface area contributed by atoms with Crippen molar-refractivity contribution in [2.75, 3.05) is 7.05 Å². The Hall–Kier alpha value is -3.15. The lowest BCUT2D eigenvalue weighted by Gasteiger charge is -2.43. The first kappa shape index (κ1) is 22.5. The van der Waals surface area contributed by atoms with Gasteiger partial charge in [0, 0.05) is 30.9 Å². The zero-order valence-electron chi connectivity index (χ0n) is 18.5. The number of likely N-dealkylation sites (N-methyl/N-ethyl adjacent to an activating group) is 1. The molecular formula is C25H30N2O4. The van der Waals surface area contributed by atoms with E-state index in [0.29, 0.717) is 5.56 Å². The first-order valence-corrected chi connectivity index (χ1v) is 10.5. The minimum absolute atomic E-state index is 0.0472. The van der Waals surface area contributed by atoms with E-state index in [1.807, 2.05) is 57.2 Å². The highest BCUT2D eigenvalue weighted by Crippen LogP contribution is 2.44. The van der Waals surface area contributed by atoms with Gasteiger partial charge in [0.25, 0.3) is 5.91 Å². The summed E-state index contributed by atoms with van der Waals surface area (Å²) in [6.07, 6.45) is -0.409. The van der Waals surface area contributed by atoms with Crippen LogP contribution in [-0.2, 0) is 16.0 Å². The predicted octanol–water partition coefficient (Wildman–Crippen LogP) is 3.82. The van der Waals surface area contributed by atoms with Gasteiger partial charge in [-0.05, 0) is 24.1 Å². The van der Waals surface area contributed by atoms with E-state index in [0.717, 1.165) is 5.56 Å². The number of carboxylic acids is 1. The molecule has 0 radical (unpaired) electrons. The fourth-order valence-electron chi connectivity index (χ4n) is 4.67. The molecule has 1 fully saturated rings. The van der Waals surface area contributed by atoms with Gasteiger partial charge in [0.2, 0.25) is 5.91 Å². The molecule has 2 amide bonds. The summed E-state index contributed by atoms with van der Waals surface area (Å²) in [5, 5.41) is 9.45. The lowest BCUT2D eigenvalue weighted by molar-refractivity contribution is -0.138. The Labute approximate surface area is 183 Å². The van der Waals surface area contributed by atoms with Gasteiger partial charge < -0.3 is 14.9 Å². The van der Waals surface area contributed by atoms with Crippen LogP contribution in [0.25, 0.3) is 0 Å². The number of hydrogen-bond donors (Lipinski definition) is 1. The van der Waals surface area contributed by atoms with Crippen LogP contribution < -0.4 is 0 Å². The Morgan fingerprint density at radius 2 is 1.55 bits per heavy atom. The summed E-state index contributed by atoms with van der Waals surface area (Å²) in [7, 11) is 1.71. The fourth-order valence-corrected chi connectivity index (χ4v) is 4.67. The molecule has 31 heavy (non-hydrogen) atoms. The van der Waals surface area contributed by atoms with E-state index in [2.05, 4.69) is 0 Å². The summed E-state index contributed by atoms with van der Waals surface area (Å²) in [6.45, 7) is 5.97. The van der Waals surface area contributed by atoms with Gasteiger partial charge in [-0.15, -0.1) is 0 Å². The molecule has 2 atom stereocenters. The van der Waals surface area contributed by atoms with Crippen LogP contribution in [0.1, 0.15) is 49.5 Å². The smallest absolute Gasteiger partial charge is 0.303 e. The van der Waals surface area contributed by atoms with Crippen LogP contribution in [0.2, 0.25) is 0 Å². The number of carboxylic acid groups (broad SMARTS) is 1. The van der Waals surface area contributed by atoms with Crippen molar-refractivity contribution < 1.29 is 19.5 Å². The summed E-state index contributed by atoms with van der Waals surface area (Å²) in [4.78, 5) is 42.4. The molecule has 0 spiro atoms. The highest BCUT2D eigenvalue weighted by Gasteiger charge is 2.60. The average molecular weight is 423 g/mol. The van der Waals surface area contributed by atoms with E-state index in [9.17, 15) is 19.5 Å². The van der Waals surface area contributed by atoms with Gasteiger partial charge in [0.15, 0.2) is 0 Å². The van der Waals surface area contributed by atoms with Crippen LogP contribution in [-0.4, -0.2) is 51.4 Å². The van der Waals surface area contributed by atoms with Crippen molar-refractivity contribution in [1.82, 2.24) is 9.80 Å². The second-order valence-corrected chi connectivity index (χ2v) is 9.28. The number of aliphatic carboxylic acids is 1. The summed E-state index contributed by atoms with van der Waals surface area (Å²) in [5.74, 6) is -1.48. The number of hydrogen-bond acceptors (Lipinski definition) is 3. The van der Waals surface area contributed by atoms with E-state index in [1.165, 1.54) is 0 Å². The lowest BCUT2D eigenvalue weighted by Crippen LogP contribution is -2.57. The maximum absolute atomic E-state index is 13.8. The molecule has 6 heteroatoms. The maximum atomic E-state index is 13.8. The first-order chi connectivity index (χ1) is 14.6. The molecule has 1 aliphatic heterocycles. The zero-order chi connectivity index (χ0) is 22.8. The number of carbonyl (C=O) groups is 3. The molecule has 0 aromatic heterocycles. The van der Waals surface area contributed by atoms with E-state index < -0.39 is 23.1 Å². The minimum atomic E-state index is -1.28. The van der Waals surface area contributed by atoms with Crippen LogP contribution in [0.4, 0.5) is 0 Å². The van der Waals surface area contributed by atoms with Crippen molar-refractivity contribution in [3.05, 3.63) is 71.8 Å². The van der Waals surface area contributed by atoms with Crippen LogP contribution >= 0.6 is 0 Å². The molecule has 6 nitrogen and oxygen atoms in total. The third kappa shape index (κ3) is 4.33. The second kappa shape index (κ2) is 8.53. The van der Waals surface area contributed by atoms with Crippen molar-refractivity contribution in [2.45, 2.75) is 51.7 Å². The Morgan fingerprint density at radius 3 is 2.06 bits per heavy atom. The predicted molar refractivity (Wildman–Crippen MR) is 118 cm³/mol. The summed E-state index contributed by atoms with van der Waals surface area (Å²) < 4.78 is 0. The molecule has 0 unspecified atom stereocenters. The monoisotopic (exact) mass is 422 g/mol. The molecule has 2 aromatic carbocycles. The standard InChI is InChI=1S/C25H30N2O4/c1-24(2,3)22-26(4)23(31)25(16-15-20(28)29,17-18-11-7-5-8-12-18)27(22)21(30)19-13-9-6-10-14-19/h5-14,22H,15-17H2,1-4H3,(H,28,29)/t22-,25-/m0/s1. The van der Waals surface area contributed by atoms with Crippen LogP contribution in [0.15, 0.2) is 60.7 Å². The van der Waals surface area contributed by atoms with Gasteiger partial charge in [0.05, 0.1) is 0 Å². The molecule has 1 N–H and O–H groups in total. The number of amides is 2. The minimum Gasteiger partial charge on any atom is -0.481 e. The molecule has 0 saturated carbocycles. The topological polar surface area (TPSA) is 77.9 Å². The normalized spacial score (nSPS) is 21.4. The quantitative estimate of drug-likeness (QED) is 0.768. The summed E-state index contributed by atoms with van der Waals surface area (Å²) >= 11 is 0. The van der Waals surface area contributed by atoms with Crippen molar-refractivity contribution in [2.24, 2.45) is 5.41 Å². The first-order valence-electron chi connectivity index (χ1n) is 10.5. The molecule has 3 rings (SSSR count). The van der Waals surface area contributed by atoms with Gasteiger partial charge in [0.1, 0.15) is 11.7 Å². The van der Waals surface area contributed by atoms with Gasteiger partial charge in [-0.2, -0.15) is 0 Å². The molecule has 2 aromatic rings. The molecule has 1 saturated heterocycles. The summed E-state index contributed by atoms with van der Waals surface area (Å²) in [6, 6.07) is 18.3. The van der Waals surface area contributed by atoms with Crippen molar-refractivity contribution in [1.29, 1.82) is 0 Å². The molecule has 164 valence electrons. The van der Waals surface area contributed by atoms with Crippen molar-refractivity contribution in [3.63, 3.8) is 0 Å². The maximum Gasteiger partial charge on any atom is 0.303 e. The highest BCUT2D eigenvalue weighted by molar-refractivity contribution is 6.02. The van der Waals surface area contributed by atoms with Gasteiger partial charge in [-0.25, -0.2) is 0 Å². The summed E-state index contributed by atoms with van der Waals surface area (Å²) in [5.41, 5.74) is -0.349. The Kier molecular flexibility index (Phi) is 6.20. The van der Waals surface area contributed by atoms with Crippen LogP contribution in [0.5, 0.6) is 0 Å². The SMILES string of the molecule is CN1C(=O)[C@](CCC(=O)O)(Cc2ccccc2)N(C(=O)c2ccccc2)[C@H]1C(C)(C)C. The van der Waals surface area contributed by atoms with Crippen molar-refractivity contribution in [3.8, 4) is 0 Å². The van der Waals surface area contributed by atoms with E-state index in [1.54, 1.807) is 41.1 Å². The largest absolute Gasteiger partial charge is 0.481 e. The van der Waals surface area contributed by atoms with E-state index >= 15 is 0 Å². The van der Waals surface area contributed by atoms with Crippen molar-refractivity contribution >= 4 is 17.8 Å².